The largest absolute Gasteiger partial charge is 0.398 e. The van der Waals surface area contributed by atoms with Crippen molar-refractivity contribution in [3.63, 3.8) is 0 Å². The maximum absolute atomic E-state index is 13.3. The van der Waals surface area contributed by atoms with E-state index in [2.05, 4.69) is 20.3 Å². The summed E-state index contributed by atoms with van der Waals surface area (Å²) in [6.07, 6.45) is 0. The Hall–Kier alpha value is -4.52. The van der Waals surface area contributed by atoms with Crippen LogP contribution < -0.4 is 16.8 Å². The molecule has 2 heterocycles. The number of nitrogen functional groups attached to an aromatic ring is 2. The van der Waals surface area contributed by atoms with Crippen LogP contribution in [0, 0.1) is 12.7 Å². The van der Waals surface area contributed by atoms with E-state index >= 15 is 0 Å². The predicted molar refractivity (Wildman–Crippen MR) is 131 cm³/mol. The topological polar surface area (TPSA) is 103 Å². The molecule has 162 valence electrons. The molecule has 2 aromatic heterocycles. The molecular formula is C26H21FN6. The van der Waals surface area contributed by atoms with Crippen molar-refractivity contribution in [2.24, 2.45) is 0 Å². The number of aromatic nitrogens is 3. The third-order valence-electron chi connectivity index (χ3n) is 5.31. The lowest BCUT2D eigenvalue weighted by Crippen LogP contribution is -2.02. The average Bonchev–Trinajstić information content (AvgIpc) is 2.79. The van der Waals surface area contributed by atoms with Crippen molar-refractivity contribution in [3.05, 3.63) is 90.2 Å². The van der Waals surface area contributed by atoms with Crippen molar-refractivity contribution >= 4 is 34.0 Å². The summed E-state index contributed by atoms with van der Waals surface area (Å²) in [4.78, 5) is 13.4. The molecule has 0 radical (unpaired) electrons. The van der Waals surface area contributed by atoms with Gasteiger partial charge in [0, 0.05) is 34.0 Å². The second-order valence-electron chi connectivity index (χ2n) is 7.83. The van der Waals surface area contributed by atoms with E-state index in [0.29, 0.717) is 17.2 Å². The summed E-state index contributed by atoms with van der Waals surface area (Å²) in [6.45, 7) is 2.03. The van der Waals surface area contributed by atoms with Gasteiger partial charge in [-0.25, -0.2) is 14.4 Å². The van der Waals surface area contributed by atoms with E-state index in [-0.39, 0.29) is 11.8 Å². The van der Waals surface area contributed by atoms with E-state index in [0.717, 1.165) is 39.0 Å². The summed E-state index contributed by atoms with van der Waals surface area (Å²) in [5.74, 6) is 0.467. The Morgan fingerprint density at radius 2 is 1.55 bits per heavy atom. The minimum atomic E-state index is -0.292. The predicted octanol–water partition coefficient (Wildman–Crippen LogP) is 5.71. The van der Waals surface area contributed by atoms with Gasteiger partial charge in [-0.2, -0.15) is 4.98 Å². The smallest absolute Gasteiger partial charge is 0.222 e. The van der Waals surface area contributed by atoms with Gasteiger partial charge in [0.2, 0.25) is 5.95 Å². The van der Waals surface area contributed by atoms with Gasteiger partial charge in [-0.05, 0) is 61.5 Å². The van der Waals surface area contributed by atoms with Crippen molar-refractivity contribution < 1.29 is 4.39 Å². The zero-order chi connectivity index (χ0) is 22.9. The van der Waals surface area contributed by atoms with Crippen molar-refractivity contribution in [2.45, 2.75) is 6.92 Å². The molecule has 0 atom stereocenters. The highest BCUT2D eigenvalue weighted by molar-refractivity contribution is 5.95. The van der Waals surface area contributed by atoms with Crippen LogP contribution in [-0.2, 0) is 0 Å². The van der Waals surface area contributed by atoms with Crippen molar-refractivity contribution in [1.82, 2.24) is 15.0 Å². The normalized spacial score (nSPS) is 11.0. The molecular weight excluding hydrogens is 415 g/mol. The van der Waals surface area contributed by atoms with Crippen LogP contribution >= 0.6 is 0 Å². The molecule has 0 spiro atoms. The lowest BCUT2D eigenvalue weighted by molar-refractivity contribution is 0.628. The third kappa shape index (κ3) is 4.29. The number of anilines is 4. The molecule has 6 nitrogen and oxygen atoms in total. The Bertz CT molecular complexity index is 1480. The Labute approximate surface area is 190 Å². The average molecular weight is 436 g/mol. The molecule has 0 saturated carbocycles. The maximum atomic E-state index is 13.3. The van der Waals surface area contributed by atoms with Crippen LogP contribution in [0.5, 0.6) is 0 Å². The zero-order valence-corrected chi connectivity index (χ0v) is 17.9. The first-order chi connectivity index (χ1) is 15.9. The Morgan fingerprint density at radius 1 is 0.758 bits per heavy atom. The fourth-order valence-corrected chi connectivity index (χ4v) is 3.73. The molecule has 0 unspecified atom stereocenters. The van der Waals surface area contributed by atoms with Crippen LogP contribution in [0.2, 0.25) is 0 Å². The second-order valence-corrected chi connectivity index (χ2v) is 7.83. The second kappa shape index (κ2) is 8.20. The molecule has 33 heavy (non-hydrogen) atoms. The molecule has 3 aromatic carbocycles. The number of halogens is 1. The van der Waals surface area contributed by atoms with E-state index in [9.17, 15) is 4.39 Å². The van der Waals surface area contributed by atoms with Gasteiger partial charge < -0.3 is 16.8 Å². The van der Waals surface area contributed by atoms with Gasteiger partial charge in [-0.1, -0.05) is 23.8 Å². The van der Waals surface area contributed by atoms with Crippen molar-refractivity contribution in [1.29, 1.82) is 0 Å². The van der Waals surface area contributed by atoms with E-state index in [1.54, 1.807) is 18.2 Å². The summed E-state index contributed by atoms with van der Waals surface area (Å²) >= 11 is 0. The van der Waals surface area contributed by atoms with Gasteiger partial charge in [0.15, 0.2) is 0 Å². The van der Waals surface area contributed by atoms with E-state index in [1.807, 2.05) is 55.5 Å². The molecule has 0 fully saturated rings. The van der Waals surface area contributed by atoms with Crippen LogP contribution in [0.4, 0.5) is 27.5 Å². The minimum Gasteiger partial charge on any atom is -0.398 e. The molecule has 5 N–H and O–H groups in total. The van der Waals surface area contributed by atoms with Crippen LogP contribution in [0.25, 0.3) is 33.4 Å². The van der Waals surface area contributed by atoms with Crippen molar-refractivity contribution in [2.75, 3.05) is 16.8 Å². The SMILES string of the molecule is Cc1cccc(-c2cc(Nc3ccc4nc(-c5ccc(F)cc5)cc(N)c4c3)nc(N)n2)c1. The number of pyridine rings is 1. The first-order valence-corrected chi connectivity index (χ1v) is 10.4. The highest BCUT2D eigenvalue weighted by Crippen LogP contribution is 2.30. The summed E-state index contributed by atoms with van der Waals surface area (Å²) in [7, 11) is 0. The molecule has 7 heteroatoms. The number of hydrogen-bond donors (Lipinski definition) is 3. The fourth-order valence-electron chi connectivity index (χ4n) is 3.73. The molecule has 0 bridgehead atoms. The summed E-state index contributed by atoms with van der Waals surface area (Å²) in [6, 6.07) is 23.6. The quantitative estimate of drug-likeness (QED) is 0.333. The lowest BCUT2D eigenvalue weighted by atomic mass is 10.1. The van der Waals surface area contributed by atoms with Gasteiger partial charge in [0.1, 0.15) is 11.6 Å². The van der Waals surface area contributed by atoms with Crippen LogP contribution in [0.15, 0.2) is 78.9 Å². The number of nitrogens with two attached hydrogens (primary N) is 2. The molecule has 0 aliphatic carbocycles. The first kappa shape index (κ1) is 20.4. The van der Waals surface area contributed by atoms with E-state index in [1.165, 1.54) is 12.1 Å². The number of benzene rings is 3. The van der Waals surface area contributed by atoms with Gasteiger partial charge in [-0.15, -0.1) is 0 Å². The molecule has 0 amide bonds. The number of rotatable bonds is 4. The van der Waals surface area contributed by atoms with Crippen LogP contribution in [0.1, 0.15) is 5.56 Å². The highest BCUT2D eigenvalue weighted by Gasteiger charge is 2.09. The molecule has 0 aliphatic heterocycles. The Balaban J connectivity index is 1.48. The zero-order valence-electron chi connectivity index (χ0n) is 17.9. The van der Waals surface area contributed by atoms with Crippen LogP contribution in [-0.4, -0.2) is 15.0 Å². The lowest BCUT2D eigenvalue weighted by Gasteiger charge is -2.11. The Kier molecular flexibility index (Phi) is 5.06. The number of fused-ring (bicyclic) bond motifs is 1. The Morgan fingerprint density at radius 3 is 2.33 bits per heavy atom. The van der Waals surface area contributed by atoms with Gasteiger partial charge in [0.25, 0.3) is 0 Å². The van der Waals surface area contributed by atoms with Crippen molar-refractivity contribution in [3.8, 4) is 22.5 Å². The molecule has 0 aliphatic rings. The first-order valence-electron chi connectivity index (χ1n) is 10.4. The van der Waals surface area contributed by atoms with Gasteiger partial charge >= 0.3 is 0 Å². The summed E-state index contributed by atoms with van der Waals surface area (Å²) in [5, 5.41) is 4.08. The van der Waals surface area contributed by atoms with Crippen LogP contribution in [0.3, 0.4) is 0 Å². The molecule has 5 rings (SSSR count). The standard InChI is InChI=1S/C26H21FN6/c1-15-3-2-4-17(11-15)24-14-25(33-26(29)32-24)30-19-9-10-22-20(12-19)21(28)13-23(31-22)16-5-7-18(27)8-6-16/h2-14H,1H3,(H2,28,31)(H3,29,30,32,33). The minimum absolute atomic E-state index is 0.183. The number of hydrogen-bond acceptors (Lipinski definition) is 6. The maximum Gasteiger partial charge on any atom is 0.222 e. The summed E-state index contributed by atoms with van der Waals surface area (Å²) < 4.78 is 13.3. The van der Waals surface area contributed by atoms with E-state index < -0.39 is 0 Å². The number of aryl methyl sites for hydroxylation is 1. The monoisotopic (exact) mass is 436 g/mol. The number of nitrogens with zero attached hydrogens (tertiary/aromatic N) is 3. The van der Waals surface area contributed by atoms with Gasteiger partial charge in [0.05, 0.1) is 16.9 Å². The molecule has 0 saturated heterocycles. The van der Waals surface area contributed by atoms with E-state index in [4.69, 9.17) is 11.5 Å². The summed E-state index contributed by atoms with van der Waals surface area (Å²) in [5.41, 5.74) is 18.7. The fraction of sp³-hybridized carbons (Fsp3) is 0.0385. The molecule has 5 aromatic rings. The third-order valence-corrected chi connectivity index (χ3v) is 5.31. The number of nitrogens with one attached hydrogen (secondary N) is 1. The highest BCUT2D eigenvalue weighted by atomic mass is 19.1. The van der Waals surface area contributed by atoms with Gasteiger partial charge in [-0.3, -0.25) is 0 Å².